The molecule has 1 N–H and O–H groups in total. The van der Waals surface area contributed by atoms with E-state index in [1.54, 1.807) is 30.3 Å². The number of benzene rings is 1. The molecule has 0 bridgehead atoms. The minimum Gasteiger partial charge on any atom is -0.480 e. The summed E-state index contributed by atoms with van der Waals surface area (Å²) in [6.07, 6.45) is 3.83. The van der Waals surface area contributed by atoms with Crippen LogP contribution in [-0.2, 0) is 14.3 Å². The van der Waals surface area contributed by atoms with Gasteiger partial charge in [-0.1, -0.05) is 36.1 Å². The van der Waals surface area contributed by atoms with Crippen molar-refractivity contribution in [3.05, 3.63) is 40.3 Å². The van der Waals surface area contributed by atoms with Crippen molar-refractivity contribution in [2.45, 2.75) is 12.5 Å². The standard InChI is InChI=1S/C17H17NO5S3/c1-23-16(22)11-5-3-10(4-6-11)9-13-14(19)18(17(24)26-13)12(15(20)21)7-8-25-2/h3-6,9,12H,7-8H2,1-2H3,(H,20,21)/b13-9-. The summed E-state index contributed by atoms with van der Waals surface area (Å²) in [5.41, 5.74) is 1.11. The van der Waals surface area contributed by atoms with Gasteiger partial charge in [-0.05, 0) is 42.2 Å². The van der Waals surface area contributed by atoms with Crippen LogP contribution < -0.4 is 0 Å². The Hall–Kier alpha value is -1.84. The Kier molecular flexibility index (Phi) is 7.24. The Morgan fingerprint density at radius 2 is 2.04 bits per heavy atom. The van der Waals surface area contributed by atoms with E-state index in [0.717, 1.165) is 11.8 Å². The maximum absolute atomic E-state index is 12.7. The summed E-state index contributed by atoms with van der Waals surface area (Å²) in [6.45, 7) is 0. The van der Waals surface area contributed by atoms with Gasteiger partial charge in [0.2, 0.25) is 0 Å². The number of aliphatic carboxylic acids is 1. The van der Waals surface area contributed by atoms with Crippen molar-refractivity contribution in [1.29, 1.82) is 0 Å². The van der Waals surface area contributed by atoms with Crippen molar-refractivity contribution in [2.75, 3.05) is 19.1 Å². The minimum absolute atomic E-state index is 0.237. The lowest BCUT2D eigenvalue weighted by atomic mass is 10.1. The molecule has 0 spiro atoms. The molecule has 1 atom stereocenters. The lowest BCUT2D eigenvalue weighted by Gasteiger charge is -2.22. The normalized spacial score (nSPS) is 16.8. The van der Waals surface area contributed by atoms with Gasteiger partial charge in [-0.15, -0.1) is 0 Å². The number of ether oxygens (including phenoxy) is 1. The van der Waals surface area contributed by atoms with Crippen molar-refractivity contribution < 1.29 is 24.2 Å². The largest absolute Gasteiger partial charge is 0.480 e. The second-order valence-electron chi connectivity index (χ2n) is 5.30. The summed E-state index contributed by atoms with van der Waals surface area (Å²) in [6, 6.07) is 5.58. The molecule has 1 unspecified atom stereocenters. The third kappa shape index (κ3) is 4.66. The molecule has 1 amide bonds. The van der Waals surface area contributed by atoms with Crippen molar-refractivity contribution in [2.24, 2.45) is 0 Å². The number of hydrogen-bond donors (Lipinski definition) is 1. The molecule has 1 heterocycles. The smallest absolute Gasteiger partial charge is 0.337 e. The first-order chi connectivity index (χ1) is 12.4. The Labute approximate surface area is 165 Å². The summed E-state index contributed by atoms with van der Waals surface area (Å²) in [5.74, 6) is -1.31. The van der Waals surface area contributed by atoms with E-state index in [1.165, 1.54) is 23.8 Å². The van der Waals surface area contributed by atoms with Gasteiger partial charge in [-0.2, -0.15) is 11.8 Å². The number of nitrogens with zero attached hydrogens (tertiary/aromatic N) is 1. The summed E-state index contributed by atoms with van der Waals surface area (Å²) in [7, 11) is 1.30. The molecule has 26 heavy (non-hydrogen) atoms. The molecular formula is C17H17NO5S3. The molecule has 0 aromatic heterocycles. The van der Waals surface area contributed by atoms with E-state index in [2.05, 4.69) is 4.74 Å². The van der Waals surface area contributed by atoms with E-state index in [4.69, 9.17) is 12.2 Å². The van der Waals surface area contributed by atoms with Gasteiger partial charge < -0.3 is 9.84 Å². The fourth-order valence-corrected chi connectivity index (χ4v) is 4.14. The Morgan fingerprint density at radius 1 is 1.38 bits per heavy atom. The number of carbonyl (C=O) groups is 3. The van der Waals surface area contributed by atoms with E-state index in [-0.39, 0.29) is 4.32 Å². The van der Waals surface area contributed by atoms with Gasteiger partial charge in [-0.25, -0.2) is 9.59 Å². The zero-order chi connectivity index (χ0) is 19.3. The highest BCUT2D eigenvalue weighted by Crippen LogP contribution is 2.34. The van der Waals surface area contributed by atoms with E-state index in [9.17, 15) is 19.5 Å². The third-order valence-corrected chi connectivity index (χ3v) is 5.62. The average molecular weight is 412 g/mol. The van der Waals surface area contributed by atoms with Gasteiger partial charge >= 0.3 is 11.9 Å². The Balaban J connectivity index is 2.22. The highest BCUT2D eigenvalue weighted by Gasteiger charge is 2.40. The van der Waals surface area contributed by atoms with Gasteiger partial charge in [0.25, 0.3) is 5.91 Å². The highest BCUT2D eigenvalue weighted by atomic mass is 32.2. The fraction of sp³-hybridized carbons (Fsp3) is 0.294. The second-order valence-corrected chi connectivity index (χ2v) is 7.96. The monoisotopic (exact) mass is 411 g/mol. The molecule has 0 radical (unpaired) electrons. The van der Waals surface area contributed by atoms with Crippen molar-refractivity contribution >= 4 is 64.0 Å². The highest BCUT2D eigenvalue weighted by molar-refractivity contribution is 8.26. The van der Waals surface area contributed by atoms with Crippen LogP contribution in [0.25, 0.3) is 6.08 Å². The van der Waals surface area contributed by atoms with Crippen LogP contribution >= 0.6 is 35.7 Å². The van der Waals surface area contributed by atoms with Crippen molar-refractivity contribution in [3.63, 3.8) is 0 Å². The maximum Gasteiger partial charge on any atom is 0.337 e. The summed E-state index contributed by atoms with van der Waals surface area (Å²) >= 11 is 7.82. The van der Waals surface area contributed by atoms with E-state index in [0.29, 0.717) is 28.2 Å². The molecule has 1 aromatic rings. The number of thiocarbonyl (C=S) groups is 1. The fourth-order valence-electron chi connectivity index (χ4n) is 2.33. The van der Waals surface area contributed by atoms with E-state index in [1.807, 2.05) is 6.26 Å². The van der Waals surface area contributed by atoms with Crippen LogP contribution in [0.2, 0.25) is 0 Å². The SMILES string of the molecule is COC(=O)c1ccc(/C=C2\SC(=S)N(C(CCSC)C(=O)O)C2=O)cc1. The molecule has 2 rings (SSSR count). The van der Waals surface area contributed by atoms with E-state index < -0.39 is 23.9 Å². The lowest BCUT2D eigenvalue weighted by molar-refractivity contribution is -0.145. The summed E-state index contributed by atoms with van der Waals surface area (Å²) in [4.78, 5) is 37.2. The van der Waals surface area contributed by atoms with Crippen molar-refractivity contribution in [1.82, 2.24) is 4.90 Å². The van der Waals surface area contributed by atoms with Gasteiger partial charge in [0, 0.05) is 0 Å². The zero-order valence-electron chi connectivity index (χ0n) is 14.1. The molecular weight excluding hydrogens is 394 g/mol. The first-order valence-electron chi connectivity index (χ1n) is 7.56. The van der Waals surface area contributed by atoms with Crippen LogP contribution in [0.3, 0.4) is 0 Å². The molecule has 9 heteroatoms. The molecule has 1 aliphatic heterocycles. The van der Waals surface area contributed by atoms with Crippen LogP contribution in [-0.4, -0.2) is 57.3 Å². The number of hydrogen-bond acceptors (Lipinski definition) is 7. The number of carboxylic acids is 1. The van der Waals surface area contributed by atoms with Crippen LogP contribution in [0.4, 0.5) is 0 Å². The summed E-state index contributed by atoms with van der Waals surface area (Å²) < 4.78 is 4.88. The summed E-state index contributed by atoms with van der Waals surface area (Å²) in [5, 5.41) is 9.44. The first-order valence-corrected chi connectivity index (χ1v) is 10.2. The molecule has 0 aliphatic carbocycles. The maximum atomic E-state index is 12.7. The van der Waals surface area contributed by atoms with Gasteiger partial charge in [0.05, 0.1) is 17.6 Å². The molecule has 6 nitrogen and oxygen atoms in total. The number of esters is 1. The Morgan fingerprint density at radius 3 is 2.58 bits per heavy atom. The molecule has 1 aliphatic rings. The van der Waals surface area contributed by atoms with Crippen molar-refractivity contribution in [3.8, 4) is 0 Å². The molecule has 0 saturated carbocycles. The van der Waals surface area contributed by atoms with Crippen LogP contribution in [0.15, 0.2) is 29.2 Å². The quantitative estimate of drug-likeness (QED) is 0.417. The number of carboxylic acid groups (broad SMARTS) is 1. The predicted octanol–water partition coefficient (Wildman–Crippen LogP) is 2.88. The van der Waals surface area contributed by atoms with Crippen LogP contribution in [0.5, 0.6) is 0 Å². The molecule has 138 valence electrons. The van der Waals surface area contributed by atoms with Gasteiger partial charge in [0.15, 0.2) is 0 Å². The number of methoxy groups -OCH3 is 1. The third-order valence-electron chi connectivity index (χ3n) is 3.65. The van der Waals surface area contributed by atoms with Gasteiger partial charge in [-0.3, -0.25) is 9.69 Å². The topological polar surface area (TPSA) is 83.9 Å². The average Bonchev–Trinajstić information content (AvgIpc) is 2.89. The van der Waals surface area contributed by atoms with Gasteiger partial charge in [0.1, 0.15) is 10.4 Å². The Bertz CT molecular complexity index is 760. The number of thioether (sulfide) groups is 2. The zero-order valence-corrected chi connectivity index (χ0v) is 16.6. The first kappa shape index (κ1) is 20.5. The predicted molar refractivity (Wildman–Crippen MR) is 107 cm³/mol. The number of carbonyl (C=O) groups excluding carboxylic acids is 2. The minimum atomic E-state index is -1.07. The number of amides is 1. The lowest BCUT2D eigenvalue weighted by Crippen LogP contribution is -2.44. The number of rotatable bonds is 7. The molecule has 1 aromatic carbocycles. The molecule has 1 fully saturated rings. The van der Waals surface area contributed by atoms with E-state index >= 15 is 0 Å². The van der Waals surface area contributed by atoms with Crippen LogP contribution in [0, 0.1) is 0 Å². The molecule has 1 saturated heterocycles. The van der Waals surface area contributed by atoms with Crippen LogP contribution in [0.1, 0.15) is 22.3 Å². The second kappa shape index (κ2) is 9.20.